The molecule has 2 amide bonds. The van der Waals surface area contributed by atoms with Crippen molar-refractivity contribution >= 4 is 11.8 Å². The second-order valence-corrected chi connectivity index (χ2v) is 8.36. The molecule has 0 fully saturated rings. The lowest BCUT2D eigenvalue weighted by molar-refractivity contribution is -0.141. The molecule has 0 saturated carbocycles. The maximum Gasteiger partial charge on any atom is 0.243 e. The first kappa shape index (κ1) is 24.6. The molecule has 0 aliphatic heterocycles. The molecule has 2 unspecified atom stereocenters. The van der Waals surface area contributed by atoms with E-state index < -0.39 is 6.04 Å². The molecule has 0 aliphatic carbocycles. The van der Waals surface area contributed by atoms with Crippen molar-refractivity contribution in [3.63, 3.8) is 0 Å². The number of hydrogen-bond donors (Lipinski definition) is 1. The molecule has 31 heavy (non-hydrogen) atoms. The van der Waals surface area contributed by atoms with Gasteiger partial charge in [0.05, 0.1) is 0 Å². The summed E-state index contributed by atoms with van der Waals surface area (Å²) in [6, 6.07) is 16.1. The van der Waals surface area contributed by atoms with Gasteiger partial charge in [0.1, 0.15) is 6.04 Å². The molecule has 0 bridgehead atoms. The number of amides is 2. The number of carbonyl (C=O) groups excluding carboxylic acids is 2. The van der Waals surface area contributed by atoms with Crippen molar-refractivity contribution in [3.8, 4) is 0 Å². The first-order chi connectivity index (χ1) is 14.9. The molecule has 168 valence electrons. The van der Waals surface area contributed by atoms with Crippen molar-refractivity contribution in [2.24, 2.45) is 0 Å². The third kappa shape index (κ3) is 7.23. The van der Waals surface area contributed by atoms with Crippen LogP contribution in [0.4, 0.5) is 0 Å². The lowest BCUT2D eigenvalue weighted by atomic mass is 10.0. The largest absolute Gasteiger partial charge is 0.352 e. The van der Waals surface area contributed by atoms with Crippen molar-refractivity contribution in [3.05, 3.63) is 70.8 Å². The minimum absolute atomic E-state index is 0.0222. The Kier molecular flexibility index (Phi) is 9.77. The Bertz CT molecular complexity index is 845. The Morgan fingerprint density at radius 2 is 1.58 bits per heavy atom. The van der Waals surface area contributed by atoms with Gasteiger partial charge in [0.15, 0.2) is 0 Å². The number of benzene rings is 2. The average molecular weight is 423 g/mol. The molecule has 2 rings (SSSR count). The monoisotopic (exact) mass is 422 g/mol. The average Bonchev–Trinajstić information content (AvgIpc) is 2.78. The standard InChI is InChI=1S/C27H38N2O2/c1-6-21(5)28-27(31)25(8-3)29(19-24-12-10-9-11-20(24)4)26(30)18-17-23-15-13-22(7-2)14-16-23/h9-16,21,25H,6-8,17-19H2,1-5H3,(H,28,31). The van der Waals surface area contributed by atoms with Crippen LogP contribution in [-0.4, -0.2) is 28.8 Å². The highest BCUT2D eigenvalue weighted by Gasteiger charge is 2.29. The molecule has 2 aromatic carbocycles. The molecule has 0 radical (unpaired) electrons. The van der Waals surface area contributed by atoms with Crippen LogP contribution in [0, 0.1) is 6.92 Å². The SMILES string of the molecule is CCc1ccc(CCC(=O)N(Cc2ccccc2C)C(CC)C(=O)NC(C)CC)cc1. The van der Waals surface area contributed by atoms with Crippen molar-refractivity contribution in [2.45, 2.75) is 85.4 Å². The van der Waals surface area contributed by atoms with Crippen molar-refractivity contribution in [1.29, 1.82) is 0 Å². The summed E-state index contributed by atoms with van der Waals surface area (Å²) >= 11 is 0. The molecule has 0 aromatic heterocycles. The Balaban J connectivity index is 2.20. The zero-order valence-corrected chi connectivity index (χ0v) is 19.8. The predicted octanol–water partition coefficient (Wildman–Crippen LogP) is 5.21. The summed E-state index contributed by atoms with van der Waals surface area (Å²) in [7, 11) is 0. The maximum atomic E-state index is 13.4. The summed E-state index contributed by atoms with van der Waals surface area (Å²) in [6.07, 6.45) is 3.53. The van der Waals surface area contributed by atoms with E-state index in [4.69, 9.17) is 0 Å². The number of nitrogens with one attached hydrogen (secondary N) is 1. The summed E-state index contributed by atoms with van der Waals surface area (Å²) in [6.45, 7) is 10.7. The van der Waals surface area contributed by atoms with Gasteiger partial charge in [-0.1, -0.05) is 69.3 Å². The fraction of sp³-hybridized carbons (Fsp3) is 0.481. The van der Waals surface area contributed by atoms with Crippen molar-refractivity contribution in [1.82, 2.24) is 10.2 Å². The molecule has 0 heterocycles. The normalized spacial score (nSPS) is 12.8. The Hall–Kier alpha value is -2.62. The predicted molar refractivity (Wildman–Crippen MR) is 128 cm³/mol. The molecular weight excluding hydrogens is 384 g/mol. The topological polar surface area (TPSA) is 49.4 Å². The Morgan fingerprint density at radius 1 is 0.935 bits per heavy atom. The smallest absolute Gasteiger partial charge is 0.243 e. The van der Waals surface area contributed by atoms with Crippen LogP contribution in [0.1, 0.15) is 69.2 Å². The summed E-state index contributed by atoms with van der Waals surface area (Å²) in [5.41, 5.74) is 4.66. The third-order valence-corrected chi connectivity index (χ3v) is 6.05. The second-order valence-electron chi connectivity index (χ2n) is 8.36. The number of nitrogens with zero attached hydrogens (tertiary/aromatic N) is 1. The van der Waals surface area contributed by atoms with Crippen molar-refractivity contribution < 1.29 is 9.59 Å². The number of aryl methyl sites for hydroxylation is 3. The van der Waals surface area contributed by atoms with Gasteiger partial charge >= 0.3 is 0 Å². The van der Waals surface area contributed by atoms with Gasteiger partial charge in [-0.3, -0.25) is 9.59 Å². The fourth-order valence-corrected chi connectivity index (χ4v) is 3.67. The zero-order chi connectivity index (χ0) is 22.8. The van der Waals surface area contributed by atoms with E-state index in [1.54, 1.807) is 4.90 Å². The fourth-order valence-electron chi connectivity index (χ4n) is 3.67. The molecule has 0 saturated heterocycles. The summed E-state index contributed by atoms with van der Waals surface area (Å²) in [5, 5.41) is 3.07. The van der Waals surface area contributed by atoms with E-state index in [0.29, 0.717) is 25.8 Å². The van der Waals surface area contributed by atoms with E-state index in [1.807, 2.05) is 52.0 Å². The van der Waals surface area contributed by atoms with E-state index in [0.717, 1.165) is 29.5 Å². The molecule has 4 heteroatoms. The first-order valence-corrected chi connectivity index (χ1v) is 11.6. The molecule has 0 aliphatic rings. The molecule has 0 spiro atoms. The number of hydrogen-bond acceptors (Lipinski definition) is 2. The van der Waals surface area contributed by atoms with Gasteiger partial charge in [-0.25, -0.2) is 0 Å². The first-order valence-electron chi connectivity index (χ1n) is 11.6. The summed E-state index contributed by atoms with van der Waals surface area (Å²) in [4.78, 5) is 28.1. The summed E-state index contributed by atoms with van der Waals surface area (Å²) in [5.74, 6) is -0.0416. The van der Waals surface area contributed by atoms with Crippen LogP contribution in [0.3, 0.4) is 0 Å². The Labute approximate surface area is 188 Å². The van der Waals surface area contributed by atoms with Crippen molar-refractivity contribution in [2.75, 3.05) is 0 Å². The minimum atomic E-state index is -0.469. The molecule has 1 N–H and O–H groups in total. The molecular formula is C27H38N2O2. The van der Waals surface area contributed by atoms with Gasteiger partial charge in [0, 0.05) is 19.0 Å². The molecule has 2 atom stereocenters. The number of rotatable bonds is 11. The van der Waals surface area contributed by atoms with Gasteiger partial charge in [0.2, 0.25) is 11.8 Å². The van der Waals surface area contributed by atoms with Gasteiger partial charge in [-0.05, 0) is 61.8 Å². The minimum Gasteiger partial charge on any atom is -0.352 e. The lowest BCUT2D eigenvalue weighted by Crippen LogP contribution is -2.50. The Morgan fingerprint density at radius 3 is 2.16 bits per heavy atom. The van der Waals surface area contributed by atoms with Crippen LogP contribution in [0.2, 0.25) is 0 Å². The van der Waals surface area contributed by atoms with Crippen LogP contribution in [0.5, 0.6) is 0 Å². The van der Waals surface area contributed by atoms with Crippen LogP contribution >= 0.6 is 0 Å². The highest BCUT2D eigenvalue weighted by molar-refractivity contribution is 5.88. The van der Waals surface area contributed by atoms with Crippen LogP contribution in [-0.2, 0) is 29.0 Å². The summed E-state index contributed by atoms with van der Waals surface area (Å²) < 4.78 is 0. The van der Waals surface area contributed by atoms with Gasteiger partial charge in [-0.2, -0.15) is 0 Å². The van der Waals surface area contributed by atoms with Crippen LogP contribution in [0.25, 0.3) is 0 Å². The van der Waals surface area contributed by atoms with E-state index >= 15 is 0 Å². The van der Waals surface area contributed by atoms with E-state index in [-0.39, 0.29) is 17.9 Å². The molecule has 2 aromatic rings. The van der Waals surface area contributed by atoms with E-state index in [9.17, 15) is 9.59 Å². The number of carbonyl (C=O) groups is 2. The van der Waals surface area contributed by atoms with Gasteiger partial charge < -0.3 is 10.2 Å². The maximum absolute atomic E-state index is 13.4. The zero-order valence-electron chi connectivity index (χ0n) is 19.8. The van der Waals surface area contributed by atoms with Crippen LogP contribution in [0.15, 0.2) is 48.5 Å². The van der Waals surface area contributed by atoms with Gasteiger partial charge in [-0.15, -0.1) is 0 Å². The second kappa shape index (κ2) is 12.3. The highest BCUT2D eigenvalue weighted by Crippen LogP contribution is 2.18. The highest BCUT2D eigenvalue weighted by atomic mass is 16.2. The van der Waals surface area contributed by atoms with Crippen LogP contribution < -0.4 is 5.32 Å². The molecule has 4 nitrogen and oxygen atoms in total. The lowest BCUT2D eigenvalue weighted by Gasteiger charge is -2.32. The quantitative estimate of drug-likeness (QED) is 0.540. The van der Waals surface area contributed by atoms with Gasteiger partial charge in [0.25, 0.3) is 0 Å². The van der Waals surface area contributed by atoms with E-state index in [2.05, 4.69) is 36.5 Å². The van der Waals surface area contributed by atoms with E-state index in [1.165, 1.54) is 5.56 Å². The third-order valence-electron chi connectivity index (χ3n) is 6.05.